The molecule has 0 aliphatic carbocycles. The third-order valence-corrected chi connectivity index (χ3v) is 8.16. The van der Waals surface area contributed by atoms with Gasteiger partial charge < -0.3 is 14.6 Å². The number of aliphatic hydroxyl groups excluding tert-OH is 1. The van der Waals surface area contributed by atoms with Gasteiger partial charge in [-0.2, -0.15) is 0 Å². The molecule has 0 heterocycles. The predicted octanol–water partition coefficient (Wildman–Crippen LogP) is 11.9. The van der Waals surface area contributed by atoms with Gasteiger partial charge in [0.15, 0.2) is 0 Å². The first-order valence-corrected chi connectivity index (χ1v) is 18.3. The number of ether oxygens (including phenoxy) is 2. The summed E-state index contributed by atoms with van der Waals surface area (Å²) in [5, 5.41) is 9.58. The molecule has 240 valence electrons. The molecule has 0 spiro atoms. The van der Waals surface area contributed by atoms with E-state index < -0.39 is 0 Å². The Hall–Kier alpha value is -0.380. The fourth-order valence-electron chi connectivity index (χ4n) is 5.37. The van der Waals surface area contributed by atoms with Crippen LogP contribution < -0.4 is 0 Å². The standard InChI is InChI=1S/C37H74O3/c1-3-5-7-9-11-13-15-17-19-20-21-23-25-27-29-31-33-39-36-37(35-38)40-34-32-30-28-26-24-22-18-16-14-12-10-8-6-4-2/h17,19,37-38H,3-16,18,20-36H2,1-2H3/b19-17-. The van der Waals surface area contributed by atoms with Crippen LogP contribution in [0.25, 0.3) is 0 Å². The first-order valence-electron chi connectivity index (χ1n) is 18.3. The number of rotatable bonds is 35. The van der Waals surface area contributed by atoms with Crippen molar-refractivity contribution >= 4 is 0 Å². The normalized spacial score (nSPS) is 12.6. The molecule has 0 bridgehead atoms. The molecule has 3 nitrogen and oxygen atoms in total. The molecule has 0 saturated heterocycles. The zero-order valence-corrected chi connectivity index (χ0v) is 27.6. The monoisotopic (exact) mass is 567 g/mol. The largest absolute Gasteiger partial charge is 0.394 e. The number of hydrogen-bond acceptors (Lipinski definition) is 3. The van der Waals surface area contributed by atoms with Crippen LogP contribution in [0.15, 0.2) is 12.2 Å². The summed E-state index contributed by atoms with van der Waals surface area (Å²) in [7, 11) is 0. The van der Waals surface area contributed by atoms with Crippen LogP contribution in [-0.2, 0) is 9.47 Å². The van der Waals surface area contributed by atoms with Gasteiger partial charge in [0, 0.05) is 13.2 Å². The zero-order valence-electron chi connectivity index (χ0n) is 27.6. The maximum atomic E-state index is 9.58. The average Bonchev–Trinajstić information content (AvgIpc) is 2.97. The summed E-state index contributed by atoms with van der Waals surface area (Å²) < 4.78 is 11.6. The lowest BCUT2D eigenvalue weighted by atomic mass is 10.0. The summed E-state index contributed by atoms with van der Waals surface area (Å²) in [5.74, 6) is 0. The molecule has 0 radical (unpaired) electrons. The van der Waals surface area contributed by atoms with Crippen LogP contribution in [0.1, 0.15) is 194 Å². The van der Waals surface area contributed by atoms with Crippen molar-refractivity contribution in [3.05, 3.63) is 12.2 Å². The van der Waals surface area contributed by atoms with Gasteiger partial charge in [0.05, 0.1) is 13.2 Å². The molecule has 3 heteroatoms. The lowest BCUT2D eigenvalue weighted by Crippen LogP contribution is -2.24. The SMILES string of the molecule is CCCCCCCC/C=C\CCCCCCCCOCC(CO)OCCCCCCCCCCCCCCCC. The van der Waals surface area contributed by atoms with Gasteiger partial charge in [-0.15, -0.1) is 0 Å². The van der Waals surface area contributed by atoms with Crippen molar-refractivity contribution in [3.8, 4) is 0 Å². The van der Waals surface area contributed by atoms with Crippen LogP contribution in [-0.4, -0.2) is 37.6 Å². The van der Waals surface area contributed by atoms with Crippen LogP contribution in [0.3, 0.4) is 0 Å². The van der Waals surface area contributed by atoms with Gasteiger partial charge in [-0.05, 0) is 38.5 Å². The van der Waals surface area contributed by atoms with Gasteiger partial charge in [0.1, 0.15) is 6.10 Å². The molecule has 0 aliphatic rings. The summed E-state index contributed by atoms with van der Waals surface area (Å²) in [6, 6.07) is 0. The summed E-state index contributed by atoms with van der Waals surface area (Å²) >= 11 is 0. The Morgan fingerprint density at radius 2 is 0.800 bits per heavy atom. The molecule has 40 heavy (non-hydrogen) atoms. The minimum atomic E-state index is -0.156. The smallest absolute Gasteiger partial charge is 0.104 e. The second kappa shape index (κ2) is 36.6. The van der Waals surface area contributed by atoms with Crippen molar-refractivity contribution in [3.63, 3.8) is 0 Å². The van der Waals surface area contributed by atoms with Gasteiger partial charge in [-0.25, -0.2) is 0 Å². The molecule has 0 aliphatic heterocycles. The van der Waals surface area contributed by atoms with E-state index in [2.05, 4.69) is 26.0 Å². The number of aliphatic hydroxyl groups is 1. The van der Waals surface area contributed by atoms with E-state index in [1.54, 1.807) is 0 Å². The highest BCUT2D eigenvalue weighted by Crippen LogP contribution is 2.13. The highest BCUT2D eigenvalue weighted by Gasteiger charge is 2.07. The lowest BCUT2D eigenvalue weighted by molar-refractivity contribution is -0.0437. The first-order chi connectivity index (χ1) is 19.8. The summed E-state index contributed by atoms with van der Waals surface area (Å²) in [6.45, 7) is 6.70. The number of unbranched alkanes of at least 4 members (excludes halogenated alkanes) is 25. The molecule has 0 rings (SSSR count). The molecule has 0 saturated carbocycles. The topological polar surface area (TPSA) is 38.7 Å². The Balaban J connectivity index is 3.29. The van der Waals surface area contributed by atoms with Crippen LogP contribution in [0.4, 0.5) is 0 Å². The Labute approximate surface area is 252 Å². The first kappa shape index (κ1) is 39.6. The molecular weight excluding hydrogens is 492 g/mol. The second-order valence-corrected chi connectivity index (χ2v) is 12.3. The van der Waals surface area contributed by atoms with E-state index in [1.807, 2.05) is 0 Å². The molecule has 0 aromatic rings. The van der Waals surface area contributed by atoms with Crippen molar-refractivity contribution in [2.45, 2.75) is 200 Å². The highest BCUT2D eigenvalue weighted by molar-refractivity contribution is 4.81. The lowest BCUT2D eigenvalue weighted by Gasteiger charge is -2.15. The van der Waals surface area contributed by atoms with Crippen LogP contribution >= 0.6 is 0 Å². The van der Waals surface area contributed by atoms with Gasteiger partial charge in [0.2, 0.25) is 0 Å². The minimum absolute atomic E-state index is 0.0615. The van der Waals surface area contributed by atoms with E-state index in [0.717, 1.165) is 26.1 Å². The highest BCUT2D eigenvalue weighted by atomic mass is 16.5. The third kappa shape index (κ3) is 33.8. The molecule has 1 unspecified atom stereocenters. The molecule has 0 amide bonds. The van der Waals surface area contributed by atoms with E-state index in [9.17, 15) is 5.11 Å². The van der Waals surface area contributed by atoms with Crippen molar-refractivity contribution < 1.29 is 14.6 Å². The van der Waals surface area contributed by atoms with E-state index in [0.29, 0.717) is 6.61 Å². The van der Waals surface area contributed by atoms with E-state index in [4.69, 9.17) is 9.47 Å². The second-order valence-electron chi connectivity index (χ2n) is 12.3. The zero-order chi connectivity index (χ0) is 29.0. The fourth-order valence-corrected chi connectivity index (χ4v) is 5.37. The Kier molecular flexibility index (Phi) is 36.3. The van der Waals surface area contributed by atoms with Crippen LogP contribution in [0.5, 0.6) is 0 Å². The summed E-state index contributed by atoms with van der Waals surface area (Å²) in [4.78, 5) is 0. The number of hydrogen-bond donors (Lipinski definition) is 1. The summed E-state index contributed by atoms with van der Waals surface area (Å²) in [6.07, 6.45) is 42.4. The van der Waals surface area contributed by atoms with Crippen LogP contribution in [0.2, 0.25) is 0 Å². The fraction of sp³-hybridized carbons (Fsp3) is 0.946. The maximum Gasteiger partial charge on any atom is 0.104 e. The Morgan fingerprint density at radius 1 is 0.450 bits per heavy atom. The third-order valence-electron chi connectivity index (χ3n) is 8.16. The van der Waals surface area contributed by atoms with Gasteiger partial charge in [0.25, 0.3) is 0 Å². The van der Waals surface area contributed by atoms with Gasteiger partial charge in [-0.3, -0.25) is 0 Å². The Bertz CT molecular complexity index is 464. The van der Waals surface area contributed by atoms with Crippen molar-refractivity contribution in [2.24, 2.45) is 0 Å². The quantitative estimate of drug-likeness (QED) is 0.0612. The van der Waals surface area contributed by atoms with Crippen molar-refractivity contribution in [2.75, 3.05) is 26.4 Å². The average molecular weight is 567 g/mol. The maximum absolute atomic E-state index is 9.58. The van der Waals surface area contributed by atoms with Crippen molar-refractivity contribution in [1.29, 1.82) is 0 Å². The molecule has 0 aromatic heterocycles. The minimum Gasteiger partial charge on any atom is -0.394 e. The number of allylic oxidation sites excluding steroid dienone is 2. The molecule has 0 fully saturated rings. The van der Waals surface area contributed by atoms with Gasteiger partial charge >= 0.3 is 0 Å². The van der Waals surface area contributed by atoms with E-state index in [-0.39, 0.29) is 12.7 Å². The van der Waals surface area contributed by atoms with E-state index >= 15 is 0 Å². The molecule has 1 atom stereocenters. The summed E-state index contributed by atoms with van der Waals surface area (Å²) in [5.41, 5.74) is 0. The Morgan fingerprint density at radius 3 is 1.20 bits per heavy atom. The predicted molar refractivity (Wildman–Crippen MR) is 177 cm³/mol. The van der Waals surface area contributed by atoms with E-state index in [1.165, 1.54) is 167 Å². The molecular formula is C37H74O3. The molecule has 1 N–H and O–H groups in total. The van der Waals surface area contributed by atoms with Crippen molar-refractivity contribution in [1.82, 2.24) is 0 Å². The molecule has 0 aromatic carbocycles. The van der Waals surface area contributed by atoms with Crippen LogP contribution in [0, 0.1) is 0 Å². The van der Waals surface area contributed by atoms with Gasteiger partial charge in [-0.1, -0.05) is 167 Å².